The van der Waals surface area contributed by atoms with E-state index < -0.39 is 0 Å². The Morgan fingerprint density at radius 2 is 1.93 bits per heavy atom. The van der Waals surface area contributed by atoms with E-state index >= 15 is 0 Å². The van der Waals surface area contributed by atoms with Crippen molar-refractivity contribution in [1.29, 1.82) is 0 Å². The van der Waals surface area contributed by atoms with Crippen LogP contribution in [0, 0.1) is 0 Å². The summed E-state index contributed by atoms with van der Waals surface area (Å²) in [6.45, 7) is 20.3. The molecule has 0 bridgehead atoms. The molecule has 1 unspecified atom stereocenters. The van der Waals surface area contributed by atoms with Gasteiger partial charge in [0.2, 0.25) is 0 Å². The van der Waals surface area contributed by atoms with E-state index in [4.69, 9.17) is 9.98 Å². The van der Waals surface area contributed by atoms with Crippen LogP contribution in [0.3, 0.4) is 0 Å². The van der Waals surface area contributed by atoms with E-state index in [2.05, 4.69) is 69.4 Å². The number of nitrogens with one attached hydrogen (secondary N) is 2. The highest BCUT2D eigenvalue weighted by Gasteiger charge is 2.17. The number of thiazole rings is 1. The second kappa shape index (κ2) is 13.7. The fraction of sp³-hybridized carbons (Fsp3) is 0.800. The molecule has 5 nitrogen and oxygen atoms in total. The summed E-state index contributed by atoms with van der Waals surface area (Å²) in [5.74, 6) is 0.883. The van der Waals surface area contributed by atoms with Gasteiger partial charge in [0.05, 0.1) is 17.2 Å². The van der Waals surface area contributed by atoms with E-state index in [1.54, 1.807) is 11.3 Å². The number of aliphatic imine (C=N–C) groups is 1. The van der Waals surface area contributed by atoms with Crippen LogP contribution in [-0.4, -0.2) is 48.1 Å². The molecule has 0 saturated carbocycles. The van der Waals surface area contributed by atoms with Crippen molar-refractivity contribution in [3.05, 3.63) is 16.1 Å². The quantitative estimate of drug-likeness (QED) is 0.275. The Hall–Kier alpha value is -0.410. The number of hydrogen-bond acceptors (Lipinski definition) is 4. The van der Waals surface area contributed by atoms with Crippen molar-refractivity contribution in [2.45, 2.75) is 79.3 Å². The molecule has 7 heteroatoms. The van der Waals surface area contributed by atoms with Gasteiger partial charge in [0.15, 0.2) is 5.96 Å². The molecule has 2 N–H and O–H groups in total. The number of halogens is 1. The zero-order chi connectivity index (χ0) is 19.6. The Labute approximate surface area is 187 Å². The SMILES string of the molecule is CCNC(=NCc1csc(C(C)(C)C)n1)NC(C)CCCN(CC)CC.I. The van der Waals surface area contributed by atoms with Gasteiger partial charge in [0.25, 0.3) is 0 Å². The zero-order valence-corrected chi connectivity index (χ0v) is 21.4. The molecule has 27 heavy (non-hydrogen) atoms. The minimum Gasteiger partial charge on any atom is -0.357 e. The highest BCUT2D eigenvalue weighted by Crippen LogP contribution is 2.25. The van der Waals surface area contributed by atoms with Crippen LogP contribution in [-0.2, 0) is 12.0 Å². The fourth-order valence-electron chi connectivity index (χ4n) is 2.67. The molecule has 1 aromatic rings. The van der Waals surface area contributed by atoms with E-state index in [9.17, 15) is 0 Å². The molecule has 1 atom stereocenters. The third-order valence-electron chi connectivity index (χ3n) is 4.33. The highest BCUT2D eigenvalue weighted by molar-refractivity contribution is 14.0. The zero-order valence-electron chi connectivity index (χ0n) is 18.3. The largest absolute Gasteiger partial charge is 0.357 e. The molecule has 0 aliphatic heterocycles. The van der Waals surface area contributed by atoms with E-state index in [1.807, 2.05) is 0 Å². The summed E-state index contributed by atoms with van der Waals surface area (Å²) in [5, 5.41) is 10.2. The Kier molecular flexibility index (Phi) is 13.5. The molecular weight excluding hydrogens is 469 g/mol. The van der Waals surface area contributed by atoms with E-state index in [0.717, 1.165) is 37.7 Å². The monoisotopic (exact) mass is 509 g/mol. The molecule has 1 heterocycles. The summed E-state index contributed by atoms with van der Waals surface area (Å²) < 4.78 is 0. The number of aromatic nitrogens is 1. The van der Waals surface area contributed by atoms with Gasteiger partial charge < -0.3 is 15.5 Å². The molecule has 1 aromatic heterocycles. The van der Waals surface area contributed by atoms with Crippen LogP contribution in [0.1, 0.15) is 72.0 Å². The Bertz CT molecular complexity index is 535. The molecule has 0 aromatic carbocycles. The number of guanidine groups is 1. The average Bonchev–Trinajstić information content (AvgIpc) is 3.06. The van der Waals surface area contributed by atoms with Crippen molar-refractivity contribution in [3.63, 3.8) is 0 Å². The molecular formula is C20H40IN5S. The van der Waals surface area contributed by atoms with Crippen LogP contribution in [0.25, 0.3) is 0 Å². The Morgan fingerprint density at radius 1 is 1.26 bits per heavy atom. The third kappa shape index (κ3) is 10.6. The van der Waals surface area contributed by atoms with E-state index in [-0.39, 0.29) is 29.4 Å². The van der Waals surface area contributed by atoms with Gasteiger partial charge in [-0.2, -0.15) is 0 Å². The van der Waals surface area contributed by atoms with Gasteiger partial charge in [-0.15, -0.1) is 35.3 Å². The average molecular weight is 510 g/mol. The van der Waals surface area contributed by atoms with Crippen LogP contribution < -0.4 is 10.6 Å². The predicted octanol–water partition coefficient (Wildman–Crippen LogP) is 4.62. The van der Waals surface area contributed by atoms with Crippen molar-refractivity contribution in [1.82, 2.24) is 20.5 Å². The Morgan fingerprint density at radius 3 is 2.44 bits per heavy atom. The second-order valence-corrected chi connectivity index (χ2v) is 8.66. The van der Waals surface area contributed by atoms with Crippen molar-refractivity contribution < 1.29 is 0 Å². The first kappa shape index (κ1) is 26.6. The minimum absolute atomic E-state index is 0. The summed E-state index contributed by atoms with van der Waals surface area (Å²) in [7, 11) is 0. The normalized spacial score (nSPS) is 13.4. The van der Waals surface area contributed by atoms with Gasteiger partial charge >= 0.3 is 0 Å². The summed E-state index contributed by atoms with van der Waals surface area (Å²) in [4.78, 5) is 11.9. The van der Waals surface area contributed by atoms with Crippen LogP contribution in [0.2, 0.25) is 0 Å². The van der Waals surface area contributed by atoms with Crippen molar-refractivity contribution in [2.75, 3.05) is 26.2 Å². The molecule has 0 aliphatic carbocycles. The Balaban J connectivity index is 0.00000676. The first-order chi connectivity index (χ1) is 12.3. The van der Waals surface area contributed by atoms with Crippen LogP contribution in [0.15, 0.2) is 10.4 Å². The van der Waals surface area contributed by atoms with Gasteiger partial charge in [0, 0.05) is 23.4 Å². The number of rotatable bonds is 10. The number of hydrogen-bond donors (Lipinski definition) is 2. The molecule has 158 valence electrons. The van der Waals surface area contributed by atoms with E-state index in [1.165, 1.54) is 18.0 Å². The topological polar surface area (TPSA) is 52.6 Å². The lowest BCUT2D eigenvalue weighted by molar-refractivity contribution is 0.292. The number of nitrogens with zero attached hydrogens (tertiary/aromatic N) is 3. The second-order valence-electron chi connectivity index (χ2n) is 7.80. The lowest BCUT2D eigenvalue weighted by Crippen LogP contribution is -2.42. The molecule has 0 radical (unpaired) electrons. The van der Waals surface area contributed by atoms with Gasteiger partial charge in [0.1, 0.15) is 0 Å². The highest BCUT2D eigenvalue weighted by atomic mass is 127. The predicted molar refractivity (Wildman–Crippen MR) is 131 cm³/mol. The molecule has 0 aliphatic rings. The lowest BCUT2D eigenvalue weighted by atomic mass is 9.98. The maximum absolute atomic E-state index is 4.73. The van der Waals surface area contributed by atoms with E-state index in [0.29, 0.717) is 12.6 Å². The summed E-state index contributed by atoms with van der Waals surface area (Å²) >= 11 is 1.73. The first-order valence-electron chi connectivity index (χ1n) is 10.0. The van der Waals surface area contributed by atoms with Gasteiger partial charge in [-0.1, -0.05) is 34.6 Å². The molecule has 0 saturated heterocycles. The van der Waals surface area contributed by atoms with Crippen molar-refractivity contribution in [2.24, 2.45) is 4.99 Å². The fourth-order valence-corrected chi connectivity index (χ4v) is 3.57. The third-order valence-corrected chi connectivity index (χ3v) is 5.64. The molecule has 1 rings (SSSR count). The summed E-state index contributed by atoms with van der Waals surface area (Å²) in [6.07, 6.45) is 2.35. The first-order valence-corrected chi connectivity index (χ1v) is 10.9. The standard InChI is InChI=1S/C20H39N5S.HI/c1-8-21-19(23-16(4)12-11-13-25(9-2)10-3)22-14-17-15-26-18(24-17)20(5,6)7;/h15-16H,8-14H2,1-7H3,(H2,21,22,23);1H. The summed E-state index contributed by atoms with van der Waals surface area (Å²) in [6, 6.07) is 0.406. The van der Waals surface area contributed by atoms with Crippen molar-refractivity contribution >= 4 is 41.3 Å². The maximum Gasteiger partial charge on any atom is 0.191 e. The molecule has 0 amide bonds. The summed E-state index contributed by atoms with van der Waals surface area (Å²) in [5.41, 5.74) is 1.15. The lowest BCUT2D eigenvalue weighted by Gasteiger charge is -2.21. The molecule has 0 fully saturated rings. The van der Waals surface area contributed by atoms with Gasteiger partial charge in [-0.25, -0.2) is 9.98 Å². The smallest absolute Gasteiger partial charge is 0.191 e. The van der Waals surface area contributed by atoms with Crippen molar-refractivity contribution in [3.8, 4) is 0 Å². The van der Waals surface area contributed by atoms with Crippen LogP contribution in [0.5, 0.6) is 0 Å². The minimum atomic E-state index is 0. The molecule has 0 spiro atoms. The van der Waals surface area contributed by atoms with Crippen LogP contribution in [0.4, 0.5) is 0 Å². The van der Waals surface area contributed by atoms with Crippen LogP contribution >= 0.6 is 35.3 Å². The van der Waals surface area contributed by atoms with Gasteiger partial charge in [-0.3, -0.25) is 0 Å². The van der Waals surface area contributed by atoms with Gasteiger partial charge in [-0.05, 0) is 46.3 Å². The maximum atomic E-state index is 4.73.